The van der Waals surface area contributed by atoms with E-state index in [4.69, 9.17) is 10.8 Å². The summed E-state index contributed by atoms with van der Waals surface area (Å²) in [5, 5.41) is 8.64. The maximum absolute atomic E-state index is 10.6. The van der Waals surface area contributed by atoms with Gasteiger partial charge in [-0.3, -0.25) is 0 Å². The van der Waals surface area contributed by atoms with Crippen LogP contribution < -0.4 is 5.73 Å². The van der Waals surface area contributed by atoms with Crippen LogP contribution in [0.5, 0.6) is 0 Å². The maximum Gasteiger partial charge on any atom is 0.331 e. The molecular weight excluding hydrogens is 174 g/mol. The monoisotopic (exact) mass is 183 g/mol. The molecule has 1 atom stereocenters. The Kier molecular flexibility index (Phi) is 2.43. The van der Waals surface area contributed by atoms with Crippen LogP contribution in [0, 0.1) is 0 Å². The average Bonchev–Trinajstić information content (AvgIpc) is 2.56. The number of aromatic nitrogens is 2. The van der Waals surface area contributed by atoms with Gasteiger partial charge >= 0.3 is 5.97 Å². The second kappa shape index (κ2) is 3.36. The summed E-state index contributed by atoms with van der Waals surface area (Å²) in [4.78, 5) is 27.4. The molecule has 0 radical (unpaired) electrons. The molecule has 0 aromatic carbocycles. The lowest BCUT2D eigenvalue weighted by atomic mass is 9.97. The molecule has 4 N–H and O–H groups in total. The number of hydrogen-bond donors (Lipinski definition) is 3. The fourth-order valence-corrected chi connectivity index (χ4v) is 0.864. The van der Waals surface area contributed by atoms with Gasteiger partial charge in [-0.2, -0.15) is 0 Å². The Morgan fingerprint density at radius 2 is 2.54 bits per heavy atom. The van der Waals surface area contributed by atoms with Crippen molar-refractivity contribution in [3.05, 3.63) is 18.2 Å². The van der Waals surface area contributed by atoms with Crippen molar-refractivity contribution < 1.29 is 14.7 Å². The van der Waals surface area contributed by atoms with Crippen LogP contribution in [-0.2, 0) is 16.0 Å². The fourth-order valence-electron chi connectivity index (χ4n) is 0.864. The number of carbonyl (C=O) groups is 2. The number of carbonyl (C=O) groups excluding carboxylic acids is 1. The topological polar surface area (TPSA) is 109 Å². The quantitative estimate of drug-likeness (QED) is 0.407. The first-order valence-corrected chi connectivity index (χ1v) is 3.54. The van der Waals surface area contributed by atoms with E-state index in [0.717, 1.165) is 0 Å². The molecule has 0 bridgehead atoms. The minimum Gasteiger partial charge on any atom is -0.480 e. The Morgan fingerprint density at radius 3 is 2.92 bits per heavy atom. The highest BCUT2D eigenvalue weighted by Crippen LogP contribution is 2.06. The molecule has 6 nitrogen and oxygen atoms in total. The van der Waals surface area contributed by atoms with Crippen LogP contribution in [0.3, 0.4) is 0 Å². The highest BCUT2D eigenvalue weighted by atomic mass is 16.4. The Morgan fingerprint density at radius 1 is 1.85 bits per heavy atom. The number of H-pyrrole nitrogens is 1. The van der Waals surface area contributed by atoms with Gasteiger partial charge in [0.1, 0.15) is 0 Å². The highest BCUT2D eigenvalue weighted by Gasteiger charge is 2.34. The van der Waals surface area contributed by atoms with Crippen molar-refractivity contribution in [1.82, 2.24) is 9.97 Å². The number of aliphatic carboxylic acids is 1. The molecule has 0 fully saturated rings. The van der Waals surface area contributed by atoms with E-state index in [-0.39, 0.29) is 12.7 Å². The van der Waals surface area contributed by atoms with Crippen LogP contribution in [0.1, 0.15) is 5.69 Å². The molecule has 70 valence electrons. The first-order chi connectivity index (χ1) is 6.08. The lowest BCUT2D eigenvalue weighted by Gasteiger charge is -2.15. The van der Waals surface area contributed by atoms with E-state index in [1.165, 1.54) is 12.5 Å². The number of nitrogens with one attached hydrogen (secondary N) is 1. The minimum atomic E-state index is -1.87. The van der Waals surface area contributed by atoms with Crippen LogP contribution in [0.25, 0.3) is 0 Å². The summed E-state index contributed by atoms with van der Waals surface area (Å²) in [5.74, 6) is -1.35. The summed E-state index contributed by atoms with van der Waals surface area (Å²) in [5.41, 5.74) is 3.96. The Bertz CT molecular complexity index is 309. The number of imidazole rings is 1. The van der Waals surface area contributed by atoms with E-state index >= 15 is 0 Å². The van der Waals surface area contributed by atoms with Crippen LogP contribution in [-0.4, -0.2) is 32.9 Å². The molecule has 0 spiro atoms. The van der Waals surface area contributed by atoms with Crippen molar-refractivity contribution in [3.63, 3.8) is 0 Å². The van der Waals surface area contributed by atoms with E-state index in [1.807, 2.05) is 0 Å². The van der Waals surface area contributed by atoms with E-state index < -0.39 is 11.5 Å². The number of carboxylic acids is 1. The minimum absolute atomic E-state index is 0.0914. The van der Waals surface area contributed by atoms with Gasteiger partial charge in [0.05, 0.1) is 6.33 Å². The second-order valence-electron chi connectivity index (χ2n) is 2.72. The third kappa shape index (κ3) is 1.91. The number of nitrogens with two attached hydrogens (primary N) is 1. The highest BCUT2D eigenvalue weighted by molar-refractivity contribution is 5.97. The molecule has 6 heteroatoms. The summed E-state index contributed by atoms with van der Waals surface area (Å²) in [7, 11) is 0. The smallest absolute Gasteiger partial charge is 0.331 e. The lowest BCUT2D eigenvalue weighted by Crippen LogP contribution is -2.51. The Balaban J connectivity index is 2.81. The first kappa shape index (κ1) is 9.40. The summed E-state index contributed by atoms with van der Waals surface area (Å²) in [6.45, 7) is 0. The standard InChI is InChI=1S/C7H9N3O3/c8-7(3-11,6(12)13)1-5-2-9-4-10-5/h2-4H,1,8H2,(H,9,10)(H,12,13). The van der Waals surface area contributed by atoms with Crippen LogP contribution in [0.2, 0.25) is 0 Å². The van der Waals surface area contributed by atoms with E-state index in [0.29, 0.717) is 5.69 Å². The molecule has 0 aliphatic heterocycles. The predicted molar refractivity (Wildman–Crippen MR) is 42.9 cm³/mol. The molecule has 1 unspecified atom stereocenters. The van der Waals surface area contributed by atoms with Crippen molar-refractivity contribution in [1.29, 1.82) is 0 Å². The van der Waals surface area contributed by atoms with Gasteiger partial charge in [-0.25, -0.2) is 9.78 Å². The van der Waals surface area contributed by atoms with Crippen molar-refractivity contribution in [3.8, 4) is 0 Å². The van der Waals surface area contributed by atoms with E-state index in [1.54, 1.807) is 0 Å². The van der Waals surface area contributed by atoms with Crippen molar-refractivity contribution >= 4 is 12.3 Å². The number of nitrogens with zero attached hydrogens (tertiary/aromatic N) is 1. The molecule has 1 heterocycles. The third-order valence-corrected chi connectivity index (χ3v) is 1.65. The van der Waals surface area contributed by atoms with Gasteiger partial charge in [-0.05, 0) is 0 Å². The van der Waals surface area contributed by atoms with Crippen molar-refractivity contribution in [2.75, 3.05) is 0 Å². The molecule has 0 aliphatic rings. The second-order valence-corrected chi connectivity index (χ2v) is 2.72. The van der Waals surface area contributed by atoms with Crippen molar-refractivity contribution in [2.45, 2.75) is 12.0 Å². The van der Waals surface area contributed by atoms with Crippen LogP contribution in [0.15, 0.2) is 12.5 Å². The van der Waals surface area contributed by atoms with E-state index in [9.17, 15) is 9.59 Å². The molecule has 13 heavy (non-hydrogen) atoms. The van der Waals surface area contributed by atoms with Crippen LogP contribution in [0.4, 0.5) is 0 Å². The molecule has 0 saturated carbocycles. The van der Waals surface area contributed by atoms with Gasteiger partial charge in [0, 0.05) is 18.3 Å². The SMILES string of the molecule is NC(C=O)(Cc1cnc[nH]1)C(=O)O. The summed E-state index contributed by atoms with van der Waals surface area (Å²) in [6.07, 6.45) is 2.94. The maximum atomic E-state index is 10.6. The van der Waals surface area contributed by atoms with Gasteiger partial charge in [0.2, 0.25) is 0 Å². The zero-order valence-electron chi connectivity index (χ0n) is 6.73. The van der Waals surface area contributed by atoms with Crippen molar-refractivity contribution in [2.24, 2.45) is 5.73 Å². The summed E-state index contributed by atoms with van der Waals surface area (Å²) in [6, 6.07) is 0. The predicted octanol–water partition coefficient (Wildman–Crippen LogP) is -1.07. The van der Waals surface area contributed by atoms with Gasteiger partial charge in [-0.1, -0.05) is 0 Å². The Labute approximate surface area is 73.8 Å². The third-order valence-electron chi connectivity index (χ3n) is 1.65. The molecule has 0 amide bonds. The number of hydrogen-bond acceptors (Lipinski definition) is 4. The molecule has 1 rings (SSSR count). The largest absolute Gasteiger partial charge is 0.480 e. The first-order valence-electron chi connectivity index (χ1n) is 3.54. The number of aromatic amines is 1. The average molecular weight is 183 g/mol. The van der Waals surface area contributed by atoms with E-state index in [2.05, 4.69) is 9.97 Å². The van der Waals surface area contributed by atoms with Gasteiger partial charge in [0.25, 0.3) is 0 Å². The molecule has 0 saturated heterocycles. The molecule has 1 aromatic heterocycles. The van der Waals surface area contributed by atoms with Crippen LogP contribution >= 0.6 is 0 Å². The van der Waals surface area contributed by atoms with Gasteiger partial charge in [-0.15, -0.1) is 0 Å². The normalized spacial score (nSPS) is 14.8. The summed E-state index contributed by atoms with van der Waals surface area (Å²) < 4.78 is 0. The zero-order chi connectivity index (χ0) is 9.90. The van der Waals surface area contributed by atoms with Gasteiger partial charge in [0.15, 0.2) is 11.8 Å². The lowest BCUT2D eigenvalue weighted by molar-refractivity contribution is -0.145. The number of rotatable bonds is 4. The molecular formula is C7H9N3O3. The Hall–Kier alpha value is -1.69. The summed E-state index contributed by atoms with van der Waals surface area (Å²) >= 11 is 0. The van der Waals surface area contributed by atoms with Gasteiger partial charge < -0.3 is 20.6 Å². The zero-order valence-corrected chi connectivity index (χ0v) is 6.73. The fraction of sp³-hybridized carbons (Fsp3) is 0.286. The number of aldehydes is 1. The molecule has 1 aromatic rings. The number of carboxylic acid groups (broad SMARTS) is 1. The molecule has 0 aliphatic carbocycles.